The van der Waals surface area contributed by atoms with Crippen LogP contribution in [0.15, 0.2) is 35.5 Å². The molecule has 0 aliphatic heterocycles. The monoisotopic (exact) mass is 308 g/mol. The van der Waals surface area contributed by atoms with Gasteiger partial charge >= 0.3 is 0 Å². The number of anilines is 1. The summed E-state index contributed by atoms with van der Waals surface area (Å²) < 4.78 is 26.4. The van der Waals surface area contributed by atoms with E-state index >= 15 is 0 Å². The summed E-state index contributed by atoms with van der Waals surface area (Å²) in [5.74, 6) is 0.891. The number of nitrogens with zero attached hydrogens (tertiary/aromatic N) is 3. The molecule has 0 saturated carbocycles. The van der Waals surface area contributed by atoms with Crippen LogP contribution in [0.1, 0.15) is 32.1 Å². The highest BCUT2D eigenvalue weighted by molar-refractivity contribution is 7.91. The van der Waals surface area contributed by atoms with E-state index in [0.717, 1.165) is 5.82 Å². The molecule has 1 aromatic carbocycles. The van der Waals surface area contributed by atoms with Crippen molar-refractivity contribution in [1.29, 1.82) is 0 Å². The zero-order valence-electron chi connectivity index (χ0n) is 12.4. The topological polar surface area (TPSA) is 76.9 Å². The van der Waals surface area contributed by atoms with Gasteiger partial charge in [-0.1, -0.05) is 19.1 Å². The molecule has 0 bridgehead atoms. The minimum absolute atomic E-state index is 0.143. The van der Waals surface area contributed by atoms with Crippen LogP contribution in [0.5, 0.6) is 0 Å². The molecule has 21 heavy (non-hydrogen) atoms. The van der Waals surface area contributed by atoms with Gasteiger partial charge in [-0.05, 0) is 25.5 Å². The molecule has 0 spiro atoms. The van der Waals surface area contributed by atoms with Gasteiger partial charge in [-0.15, -0.1) is 10.2 Å². The van der Waals surface area contributed by atoms with Crippen LogP contribution in [0, 0.1) is 0 Å². The Morgan fingerprint density at radius 3 is 2.67 bits per heavy atom. The molecule has 114 valence electrons. The van der Waals surface area contributed by atoms with E-state index in [9.17, 15) is 8.42 Å². The number of aromatic nitrogens is 3. The maximum atomic E-state index is 12.3. The Balaban J connectivity index is 2.31. The molecule has 1 N–H and O–H groups in total. The van der Waals surface area contributed by atoms with Gasteiger partial charge in [0.05, 0.1) is 22.4 Å². The lowest BCUT2D eigenvalue weighted by Crippen LogP contribution is -2.15. The average Bonchev–Trinajstić information content (AvgIpc) is 2.85. The molecule has 6 nitrogen and oxygen atoms in total. The Labute approximate surface area is 125 Å². The van der Waals surface area contributed by atoms with Gasteiger partial charge in [0.25, 0.3) is 0 Å². The van der Waals surface area contributed by atoms with E-state index in [1.165, 1.54) is 0 Å². The van der Waals surface area contributed by atoms with Crippen molar-refractivity contribution in [2.24, 2.45) is 7.05 Å². The fraction of sp³-hybridized carbons (Fsp3) is 0.429. The van der Waals surface area contributed by atoms with Crippen LogP contribution in [0.25, 0.3) is 0 Å². The van der Waals surface area contributed by atoms with Gasteiger partial charge in [0.2, 0.25) is 0 Å². The normalized spacial score (nSPS) is 13.1. The summed E-state index contributed by atoms with van der Waals surface area (Å²) in [7, 11) is -1.42. The van der Waals surface area contributed by atoms with Crippen molar-refractivity contribution < 1.29 is 8.42 Å². The third kappa shape index (κ3) is 3.41. The van der Waals surface area contributed by atoms with E-state index in [2.05, 4.69) is 15.5 Å². The predicted octanol–water partition coefficient (Wildman–Crippen LogP) is 2.17. The lowest BCUT2D eigenvalue weighted by Gasteiger charge is -2.17. The molecule has 0 radical (unpaired) electrons. The quantitative estimate of drug-likeness (QED) is 0.885. The molecule has 1 heterocycles. The van der Waals surface area contributed by atoms with E-state index in [0.29, 0.717) is 17.0 Å². The number of hydrogen-bond donors (Lipinski definition) is 1. The number of benzene rings is 1. The molecular formula is C14H20N4O2S. The summed E-state index contributed by atoms with van der Waals surface area (Å²) in [6.45, 7) is 3.78. The molecule has 1 atom stereocenters. The second-order valence-electron chi connectivity index (χ2n) is 4.98. The summed E-state index contributed by atoms with van der Waals surface area (Å²) in [5.41, 5.74) is 0.599. The molecule has 1 unspecified atom stereocenters. The van der Waals surface area contributed by atoms with Crippen molar-refractivity contribution in [3.63, 3.8) is 0 Å². The van der Waals surface area contributed by atoms with Crippen LogP contribution in [-0.4, -0.2) is 28.9 Å². The number of hydrogen-bond acceptors (Lipinski definition) is 5. The fourth-order valence-corrected chi connectivity index (χ4v) is 3.72. The Morgan fingerprint density at radius 1 is 1.33 bits per heavy atom. The molecule has 0 fully saturated rings. The maximum Gasteiger partial charge on any atom is 0.180 e. The molecule has 0 aliphatic rings. The Hall–Kier alpha value is -1.89. The van der Waals surface area contributed by atoms with Crippen molar-refractivity contribution >= 4 is 15.5 Å². The van der Waals surface area contributed by atoms with Gasteiger partial charge < -0.3 is 9.88 Å². The first-order valence-electron chi connectivity index (χ1n) is 6.88. The highest BCUT2D eigenvalue weighted by Crippen LogP contribution is 2.26. The fourth-order valence-electron chi connectivity index (χ4n) is 2.22. The molecule has 0 amide bonds. The van der Waals surface area contributed by atoms with Gasteiger partial charge in [0.1, 0.15) is 6.33 Å². The van der Waals surface area contributed by atoms with E-state index < -0.39 is 9.84 Å². The second-order valence-corrected chi connectivity index (χ2v) is 7.06. The van der Waals surface area contributed by atoms with Crippen molar-refractivity contribution in [2.45, 2.75) is 31.2 Å². The van der Waals surface area contributed by atoms with Crippen molar-refractivity contribution in [3.05, 3.63) is 36.4 Å². The number of para-hydroxylation sites is 1. The summed E-state index contributed by atoms with van der Waals surface area (Å²) in [6, 6.07) is 6.82. The Kier molecular flexibility index (Phi) is 4.62. The molecule has 1 aromatic heterocycles. The molecule has 0 saturated heterocycles. The van der Waals surface area contributed by atoms with Gasteiger partial charge in [0, 0.05) is 7.05 Å². The Bertz CT molecular complexity index is 709. The first-order valence-corrected chi connectivity index (χ1v) is 8.53. The van der Waals surface area contributed by atoms with Crippen LogP contribution in [0.2, 0.25) is 0 Å². The summed E-state index contributed by atoms with van der Waals surface area (Å²) in [5, 5.41) is 11.1. The van der Waals surface area contributed by atoms with Gasteiger partial charge in [-0.3, -0.25) is 0 Å². The average molecular weight is 308 g/mol. The lowest BCUT2D eigenvalue weighted by molar-refractivity contribution is 0.594. The number of nitrogens with one attached hydrogen (secondary N) is 1. The predicted molar refractivity (Wildman–Crippen MR) is 81.8 cm³/mol. The molecule has 0 aliphatic carbocycles. The third-order valence-electron chi connectivity index (χ3n) is 3.20. The minimum atomic E-state index is -3.27. The zero-order chi connectivity index (χ0) is 15.5. The number of sulfone groups is 1. The van der Waals surface area contributed by atoms with Crippen LogP contribution in [0.4, 0.5) is 5.69 Å². The first-order chi connectivity index (χ1) is 9.95. The van der Waals surface area contributed by atoms with Crippen LogP contribution < -0.4 is 5.32 Å². The van der Waals surface area contributed by atoms with Gasteiger partial charge in [-0.25, -0.2) is 8.42 Å². The lowest BCUT2D eigenvalue weighted by atomic mass is 10.2. The summed E-state index contributed by atoms with van der Waals surface area (Å²) in [6.07, 6.45) is 2.21. The summed E-state index contributed by atoms with van der Waals surface area (Å²) >= 11 is 0. The highest BCUT2D eigenvalue weighted by Gasteiger charge is 2.19. The number of aryl methyl sites for hydroxylation is 1. The maximum absolute atomic E-state index is 12.3. The number of rotatable bonds is 6. The largest absolute Gasteiger partial charge is 0.374 e. The van der Waals surface area contributed by atoms with Gasteiger partial charge in [-0.2, -0.15) is 0 Å². The minimum Gasteiger partial charge on any atom is -0.374 e. The van der Waals surface area contributed by atoms with E-state index in [1.807, 2.05) is 27.0 Å². The smallest absolute Gasteiger partial charge is 0.180 e. The molecule has 7 heteroatoms. The zero-order valence-corrected chi connectivity index (χ0v) is 13.3. The van der Waals surface area contributed by atoms with Crippen molar-refractivity contribution in [3.8, 4) is 0 Å². The molecule has 2 rings (SSSR count). The van der Waals surface area contributed by atoms with Crippen LogP contribution in [0.3, 0.4) is 0 Å². The van der Waals surface area contributed by atoms with E-state index in [-0.39, 0.29) is 11.8 Å². The highest BCUT2D eigenvalue weighted by atomic mass is 32.2. The van der Waals surface area contributed by atoms with Gasteiger partial charge in [0.15, 0.2) is 15.7 Å². The standard InChI is InChI=1S/C14H20N4O2S/c1-4-9-21(19,20)13-8-6-5-7-12(13)16-11(2)14-17-15-10-18(14)3/h5-8,10-11,16H,4,9H2,1-3H3. The third-order valence-corrected chi connectivity index (χ3v) is 5.17. The van der Waals surface area contributed by atoms with Crippen LogP contribution >= 0.6 is 0 Å². The SMILES string of the molecule is CCCS(=O)(=O)c1ccccc1NC(C)c1nncn1C. The van der Waals surface area contributed by atoms with Crippen molar-refractivity contribution in [1.82, 2.24) is 14.8 Å². The van der Waals surface area contributed by atoms with Crippen LogP contribution in [-0.2, 0) is 16.9 Å². The van der Waals surface area contributed by atoms with E-state index in [4.69, 9.17) is 0 Å². The Morgan fingerprint density at radius 2 is 2.05 bits per heavy atom. The molecular weight excluding hydrogens is 288 g/mol. The van der Waals surface area contributed by atoms with E-state index in [1.54, 1.807) is 29.1 Å². The van der Waals surface area contributed by atoms with Crippen molar-refractivity contribution in [2.75, 3.05) is 11.1 Å². The summed E-state index contributed by atoms with van der Waals surface area (Å²) in [4.78, 5) is 0.334. The molecule has 2 aromatic rings. The first kappa shape index (κ1) is 15.5. The second kappa shape index (κ2) is 6.26.